The number of ether oxygens (including phenoxy) is 2. The molecule has 1 aliphatic heterocycles. The second kappa shape index (κ2) is 11.4. The molecule has 2 amide bonds. The lowest BCUT2D eigenvalue weighted by atomic mass is 10.1. The minimum absolute atomic E-state index is 0.0658. The van der Waals surface area contributed by atoms with E-state index in [1.807, 2.05) is 18.2 Å². The summed E-state index contributed by atoms with van der Waals surface area (Å²) >= 11 is 21.1. The smallest absolute Gasteiger partial charge is 0.293 e. The summed E-state index contributed by atoms with van der Waals surface area (Å²) in [6.45, 7) is 0.408. The van der Waals surface area contributed by atoms with Crippen molar-refractivity contribution in [2.45, 2.75) is 13.2 Å². The summed E-state index contributed by atoms with van der Waals surface area (Å²) in [4.78, 5) is 27.0. The fourth-order valence-electron chi connectivity index (χ4n) is 3.31. The molecule has 3 aromatic rings. The van der Waals surface area contributed by atoms with Gasteiger partial charge in [0.05, 0.1) is 22.1 Å². The highest BCUT2D eigenvalue weighted by Gasteiger charge is 2.35. The van der Waals surface area contributed by atoms with Gasteiger partial charge in [0.1, 0.15) is 6.61 Å². The second-order valence-electron chi connectivity index (χ2n) is 7.45. The Balaban J connectivity index is 1.53. The van der Waals surface area contributed by atoms with Crippen LogP contribution in [0.2, 0.25) is 15.1 Å². The van der Waals surface area contributed by atoms with Gasteiger partial charge < -0.3 is 9.47 Å². The molecule has 1 saturated heterocycles. The first-order valence-corrected chi connectivity index (χ1v) is 13.2. The van der Waals surface area contributed by atoms with Gasteiger partial charge in [0, 0.05) is 15.1 Å². The van der Waals surface area contributed by atoms with Crippen molar-refractivity contribution < 1.29 is 19.1 Å². The van der Waals surface area contributed by atoms with Gasteiger partial charge in [-0.3, -0.25) is 14.5 Å². The van der Waals surface area contributed by atoms with E-state index in [4.69, 9.17) is 44.3 Å². The molecular weight excluding hydrogens is 644 g/mol. The van der Waals surface area contributed by atoms with Crippen LogP contribution in [-0.4, -0.2) is 23.2 Å². The number of halogens is 4. The standard InChI is InChI=1S/C25H17Cl3INO4S/c1-33-21-9-15(8-20(29)23(21)34-13-14-2-5-17(26)6-3-14)10-22-24(31)30(25(32)35-22)12-16-4-7-18(27)11-19(16)28/h2-11H,12-13H2,1H3/b22-10+. The lowest BCUT2D eigenvalue weighted by Gasteiger charge is -2.14. The number of hydrogen-bond acceptors (Lipinski definition) is 5. The average molecular weight is 661 g/mol. The molecule has 1 aliphatic rings. The maximum absolute atomic E-state index is 13.0. The van der Waals surface area contributed by atoms with E-state index in [9.17, 15) is 9.59 Å². The second-order valence-corrected chi connectivity index (χ2v) is 10.9. The molecule has 0 unspecified atom stereocenters. The lowest BCUT2D eigenvalue weighted by Crippen LogP contribution is -2.27. The number of carbonyl (C=O) groups excluding carboxylic acids is 2. The Hall–Kier alpha value is -1.91. The van der Waals surface area contributed by atoms with Crippen molar-refractivity contribution in [1.82, 2.24) is 4.90 Å². The quantitative estimate of drug-likeness (QED) is 0.190. The van der Waals surface area contributed by atoms with Crippen molar-refractivity contribution >= 4 is 86.4 Å². The molecular formula is C25H17Cl3INO4S. The Morgan fingerprint density at radius 2 is 1.71 bits per heavy atom. The van der Waals surface area contributed by atoms with Crippen LogP contribution in [0.15, 0.2) is 59.5 Å². The van der Waals surface area contributed by atoms with Crippen molar-refractivity contribution in [1.29, 1.82) is 0 Å². The Labute approximate surface area is 235 Å². The van der Waals surface area contributed by atoms with E-state index in [1.54, 1.807) is 49.6 Å². The van der Waals surface area contributed by atoms with E-state index in [2.05, 4.69) is 22.6 Å². The molecule has 0 radical (unpaired) electrons. The minimum Gasteiger partial charge on any atom is -0.493 e. The van der Waals surface area contributed by atoms with Crippen LogP contribution in [-0.2, 0) is 17.9 Å². The highest BCUT2D eigenvalue weighted by atomic mass is 127. The number of hydrogen-bond donors (Lipinski definition) is 0. The van der Waals surface area contributed by atoms with Crippen LogP contribution in [0.25, 0.3) is 6.08 Å². The molecule has 35 heavy (non-hydrogen) atoms. The monoisotopic (exact) mass is 659 g/mol. The zero-order valence-electron chi connectivity index (χ0n) is 18.2. The molecule has 5 nitrogen and oxygen atoms in total. The van der Waals surface area contributed by atoms with Gasteiger partial charge >= 0.3 is 0 Å². The van der Waals surface area contributed by atoms with Crippen molar-refractivity contribution in [3.63, 3.8) is 0 Å². The lowest BCUT2D eigenvalue weighted by molar-refractivity contribution is -0.123. The fraction of sp³-hybridized carbons (Fsp3) is 0.120. The third-order valence-electron chi connectivity index (χ3n) is 5.06. The fourth-order valence-corrected chi connectivity index (χ4v) is 5.52. The van der Waals surface area contributed by atoms with Crippen LogP contribution in [0.5, 0.6) is 11.5 Å². The van der Waals surface area contributed by atoms with E-state index in [1.165, 1.54) is 0 Å². The van der Waals surface area contributed by atoms with E-state index in [0.29, 0.717) is 49.2 Å². The minimum atomic E-state index is -0.386. The van der Waals surface area contributed by atoms with Gasteiger partial charge in [-0.05, 0) is 93.5 Å². The Kier molecular flexibility index (Phi) is 8.54. The summed E-state index contributed by atoms with van der Waals surface area (Å²) in [6, 6.07) is 16.0. The summed E-state index contributed by atoms with van der Waals surface area (Å²) in [5.74, 6) is 0.720. The van der Waals surface area contributed by atoms with Crippen LogP contribution in [0.4, 0.5) is 4.79 Å². The predicted molar refractivity (Wildman–Crippen MR) is 149 cm³/mol. The van der Waals surface area contributed by atoms with Gasteiger partial charge in [-0.2, -0.15) is 0 Å². The summed E-state index contributed by atoms with van der Waals surface area (Å²) < 4.78 is 12.3. The molecule has 0 N–H and O–H groups in total. The van der Waals surface area contributed by atoms with E-state index in [0.717, 1.165) is 25.8 Å². The molecule has 1 heterocycles. The van der Waals surface area contributed by atoms with Gasteiger partial charge in [-0.25, -0.2) is 0 Å². The maximum Gasteiger partial charge on any atom is 0.293 e. The number of nitrogens with zero attached hydrogens (tertiary/aromatic N) is 1. The van der Waals surface area contributed by atoms with Crippen molar-refractivity contribution in [2.24, 2.45) is 0 Å². The van der Waals surface area contributed by atoms with Crippen LogP contribution < -0.4 is 9.47 Å². The third-order valence-corrected chi connectivity index (χ3v) is 7.61. The van der Waals surface area contributed by atoms with Crippen LogP contribution in [0.1, 0.15) is 16.7 Å². The number of imide groups is 1. The maximum atomic E-state index is 13.0. The summed E-state index contributed by atoms with van der Waals surface area (Å²) in [5.41, 5.74) is 2.31. The molecule has 3 aromatic carbocycles. The van der Waals surface area contributed by atoms with Crippen LogP contribution in [0, 0.1) is 3.57 Å². The molecule has 0 atom stereocenters. The van der Waals surface area contributed by atoms with E-state index in [-0.39, 0.29) is 17.7 Å². The van der Waals surface area contributed by atoms with Gasteiger partial charge in [-0.15, -0.1) is 0 Å². The summed E-state index contributed by atoms with van der Waals surface area (Å²) in [7, 11) is 1.55. The normalized spacial score (nSPS) is 14.7. The molecule has 0 bridgehead atoms. The van der Waals surface area contributed by atoms with Crippen molar-refractivity contribution in [3.05, 3.63) is 94.8 Å². The highest BCUT2D eigenvalue weighted by molar-refractivity contribution is 14.1. The largest absolute Gasteiger partial charge is 0.493 e. The zero-order valence-corrected chi connectivity index (χ0v) is 23.4. The zero-order chi connectivity index (χ0) is 25.1. The van der Waals surface area contributed by atoms with Gasteiger partial charge in [0.2, 0.25) is 0 Å². The molecule has 180 valence electrons. The Morgan fingerprint density at radius 1 is 1.00 bits per heavy atom. The molecule has 0 aliphatic carbocycles. The number of amides is 2. The van der Waals surface area contributed by atoms with Gasteiger partial charge in [-0.1, -0.05) is 53.0 Å². The third kappa shape index (κ3) is 6.27. The average Bonchev–Trinajstić information content (AvgIpc) is 3.08. The Morgan fingerprint density at radius 3 is 2.40 bits per heavy atom. The van der Waals surface area contributed by atoms with Crippen molar-refractivity contribution in [2.75, 3.05) is 7.11 Å². The van der Waals surface area contributed by atoms with Gasteiger partial charge in [0.15, 0.2) is 11.5 Å². The summed E-state index contributed by atoms with van der Waals surface area (Å²) in [6.07, 6.45) is 1.67. The molecule has 4 rings (SSSR count). The number of rotatable bonds is 7. The van der Waals surface area contributed by atoms with Crippen LogP contribution in [0.3, 0.4) is 0 Å². The SMILES string of the molecule is COc1cc(/C=C2/SC(=O)N(Cc3ccc(Cl)cc3Cl)C2=O)cc(I)c1OCc1ccc(Cl)cc1. The van der Waals surface area contributed by atoms with Crippen LogP contribution >= 0.6 is 69.2 Å². The predicted octanol–water partition coefficient (Wildman–Crippen LogP) is 8.08. The molecule has 0 spiro atoms. The first kappa shape index (κ1) is 26.2. The van der Waals surface area contributed by atoms with E-state index >= 15 is 0 Å². The number of benzene rings is 3. The molecule has 0 aromatic heterocycles. The van der Waals surface area contributed by atoms with Gasteiger partial charge in [0.25, 0.3) is 11.1 Å². The topological polar surface area (TPSA) is 55.8 Å². The highest BCUT2D eigenvalue weighted by Crippen LogP contribution is 2.38. The molecule has 0 saturated carbocycles. The Bertz CT molecular complexity index is 1330. The number of carbonyl (C=O) groups is 2. The summed E-state index contributed by atoms with van der Waals surface area (Å²) in [5, 5.41) is 1.17. The van der Waals surface area contributed by atoms with E-state index < -0.39 is 0 Å². The number of methoxy groups -OCH3 is 1. The number of thioether (sulfide) groups is 1. The first-order chi connectivity index (χ1) is 16.7. The van der Waals surface area contributed by atoms with Crippen molar-refractivity contribution in [3.8, 4) is 11.5 Å². The molecule has 10 heteroatoms. The first-order valence-electron chi connectivity index (χ1n) is 10.2. The molecule has 1 fully saturated rings.